The van der Waals surface area contributed by atoms with Gasteiger partial charge < -0.3 is 5.11 Å². The van der Waals surface area contributed by atoms with E-state index in [9.17, 15) is 14.3 Å². The molecule has 2 nitrogen and oxygen atoms in total. The standard InChI is InChI=1S/C11H6BrFO2/c12-9-4-10(13)11(15)8-3-6(5-14)1-2-7(8)9/h1-5,15H. The summed E-state index contributed by atoms with van der Waals surface area (Å²) in [5, 5.41) is 10.5. The van der Waals surface area contributed by atoms with Gasteiger partial charge in [0.05, 0.1) is 0 Å². The molecule has 0 saturated carbocycles. The second-order valence-electron chi connectivity index (χ2n) is 3.11. The molecule has 2 rings (SSSR count). The topological polar surface area (TPSA) is 37.3 Å². The summed E-state index contributed by atoms with van der Waals surface area (Å²) in [6.07, 6.45) is 0.650. The normalized spacial score (nSPS) is 10.5. The van der Waals surface area contributed by atoms with Crippen LogP contribution in [0.3, 0.4) is 0 Å². The maximum Gasteiger partial charge on any atom is 0.166 e. The van der Waals surface area contributed by atoms with Crippen molar-refractivity contribution in [3.8, 4) is 5.75 Å². The first-order valence-corrected chi connectivity index (χ1v) is 4.98. The monoisotopic (exact) mass is 268 g/mol. The molecule has 0 heterocycles. The highest BCUT2D eigenvalue weighted by Crippen LogP contribution is 2.33. The first-order valence-electron chi connectivity index (χ1n) is 4.19. The zero-order valence-corrected chi connectivity index (χ0v) is 9.08. The van der Waals surface area contributed by atoms with Gasteiger partial charge in [-0.15, -0.1) is 0 Å². The van der Waals surface area contributed by atoms with E-state index in [0.29, 0.717) is 27.1 Å². The lowest BCUT2D eigenvalue weighted by atomic mass is 10.1. The van der Waals surface area contributed by atoms with E-state index in [0.717, 1.165) is 0 Å². The first-order chi connectivity index (χ1) is 7.13. The van der Waals surface area contributed by atoms with Gasteiger partial charge in [0, 0.05) is 15.4 Å². The van der Waals surface area contributed by atoms with Crippen LogP contribution < -0.4 is 0 Å². The second-order valence-corrected chi connectivity index (χ2v) is 3.97. The number of hydrogen-bond donors (Lipinski definition) is 1. The Bertz CT molecular complexity index is 552. The quantitative estimate of drug-likeness (QED) is 0.807. The Labute approximate surface area is 93.5 Å². The van der Waals surface area contributed by atoms with Crippen LogP contribution in [0.2, 0.25) is 0 Å². The van der Waals surface area contributed by atoms with Gasteiger partial charge in [-0.3, -0.25) is 4.79 Å². The van der Waals surface area contributed by atoms with Gasteiger partial charge in [-0.1, -0.05) is 28.1 Å². The van der Waals surface area contributed by atoms with Crippen molar-refractivity contribution in [3.05, 3.63) is 40.1 Å². The van der Waals surface area contributed by atoms with Crippen molar-refractivity contribution in [2.45, 2.75) is 0 Å². The van der Waals surface area contributed by atoms with E-state index in [1.807, 2.05) is 0 Å². The minimum Gasteiger partial charge on any atom is -0.504 e. The summed E-state index contributed by atoms with van der Waals surface area (Å²) in [5.41, 5.74) is 0.398. The van der Waals surface area contributed by atoms with Crippen LogP contribution in [0.15, 0.2) is 28.7 Å². The molecule has 76 valence electrons. The highest BCUT2D eigenvalue weighted by atomic mass is 79.9. The summed E-state index contributed by atoms with van der Waals surface area (Å²) < 4.78 is 13.7. The molecule has 0 bridgehead atoms. The fourth-order valence-corrected chi connectivity index (χ4v) is 1.97. The third-order valence-electron chi connectivity index (χ3n) is 2.17. The number of benzene rings is 2. The molecular formula is C11H6BrFO2. The molecule has 2 aromatic rings. The number of aldehydes is 1. The molecule has 0 saturated heterocycles. The predicted molar refractivity (Wildman–Crippen MR) is 58.7 cm³/mol. The summed E-state index contributed by atoms with van der Waals surface area (Å²) in [5.74, 6) is -1.14. The lowest BCUT2D eigenvalue weighted by molar-refractivity contribution is 0.112. The molecule has 0 amide bonds. The molecule has 4 heteroatoms. The van der Waals surface area contributed by atoms with Gasteiger partial charge >= 0.3 is 0 Å². The maximum atomic E-state index is 13.2. The number of halogens is 2. The molecule has 0 fully saturated rings. The highest BCUT2D eigenvalue weighted by Gasteiger charge is 2.10. The van der Waals surface area contributed by atoms with E-state index < -0.39 is 11.6 Å². The SMILES string of the molecule is O=Cc1ccc2c(Br)cc(F)c(O)c2c1. The molecule has 1 N–H and O–H groups in total. The molecule has 0 aromatic heterocycles. The Morgan fingerprint density at radius 2 is 2.00 bits per heavy atom. The van der Waals surface area contributed by atoms with Gasteiger partial charge in [0.15, 0.2) is 11.6 Å². The van der Waals surface area contributed by atoms with Crippen LogP contribution in [0.4, 0.5) is 4.39 Å². The molecule has 2 aromatic carbocycles. The van der Waals surface area contributed by atoms with Crippen molar-refractivity contribution in [2.24, 2.45) is 0 Å². The lowest BCUT2D eigenvalue weighted by Gasteiger charge is -2.05. The van der Waals surface area contributed by atoms with Crippen molar-refractivity contribution < 1.29 is 14.3 Å². The number of phenols is 1. The van der Waals surface area contributed by atoms with Gasteiger partial charge in [-0.05, 0) is 17.5 Å². The number of hydrogen-bond acceptors (Lipinski definition) is 2. The molecule has 0 unspecified atom stereocenters. The van der Waals surface area contributed by atoms with E-state index in [4.69, 9.17) is 0 Å². The molecule has 0 aliphatic heterocycles. The average Bonchev–Trinajstić information content (AvgIpc) is 2.25. The molecule has 0 aliphatic carbocycles. The Kier molecular flexibility index (Phi) is 2.44. The number of aromatic hydroxyl groups is 1. The predicted octanol–water partition coefficient (Wildman–Crippen LogP) is 3.26. The van der Waals surface area contributed by atoms with Gasteiger partial charge in [0.1, 0.15) is 6.29 Å². The lowest BCUT2D eigenvalue weighted by Crippen LogP contribution is -1.85. The van der Waals surface area contributed by atoms with E-state index in [2.05, 4.69) is 15.9 Å². The van der Waals surface area contributed by atoms with Gasteiger partial charge in [0.25, 0.3) is 0 Å². The molecule has 15 heavy (non-hydrogen) atoms. The van der Waals surface area contributed by atoms with Crippen LogP contribution >= 0.6 is 15.9 Å². The van der Waals surface area contributed by atoms with Crippen molar-refractivity contribution in [2.75, 3.05) is 0 Å². The number of carbonyl (C=O) groups is 1. The van der Waals surface area contributed by atoms with Crippen LogP contribution in [0, 0.1) is 5.82 Å². The zero-order chi connectivity index (χ0) is 11.0. The first kappa shape index (κ1) is 10.1. The molecule has 0 aliphatic rings. The molecule has 0 atom stereocenters. The summed E-state index contributed by atoms with van der Waals surface area (Å²) >= 11 is 3.19. The van der Waals surface area contributed by atoms with E-state index in [1.165, 1.54) is 12.1 Å². The zero-order valence-electron chi connectivity index (χ0n) is 7.50. The van der Waals surface area contributed by atoms with Crippen LogP contribution in [-0.4, -0.2) is 11.4 Å². The van der Waals surface area contributed by atoms with Crippen LogP contribution in [0.1, 0.15) is 10.4 Å². The largest absolute Gasteiger partial charge is 0.504 e. The molecule has 0 radical (unpaired) electrons. The van der Waals surface area contributed by atoms with Crippen LogP contribution in [-0.2, 0) is 0 Å². The minimum absolute atomic E-state index is 0.325. The number of phenolic OH excluding ortho intramolecular Hbond substituents is 1. The number of carbonyl (C=O) groups excluding carboxylic acids is 1. The fraction of sp³-hybridized carbons (Fsp3) is 0. The van der Waals surface area contributed by atoms with Crippen LogP contribution in [0.5, 0.6) is 5.75 Å². The number of rotatable bonds is 1. The van der Waals surface area contributed by atoms with Crippen LogP contribution in [0.25, 0.3) is 10.8 Å². The Hall–Kier alpha value is -1.42. The van der Waals surface area contributed by atoms with E-state index in [1.54, 1.807) is 12.1 Å². The average molecular weight is 269 g/mol. The third-order valence-corrected chi connectivity index (χ3v) is 2.83. The van der Waals surface area contributed by atoms with Gasteiger partial charge in [-0.2, -0.15) is 0 Å². The minimum atomic E-state index is -0.711. The van der Waals surface area contributed by atoms with Crippen molar-refractivity contribution in [3.63, 3.8) is 0 Å². The van der Waals surface area contributed by atoms with Gasteiger partial charge in [-0.25, -0.2) is 4.39 Å². The Morgan fingerprint density at radius 3 is 2.67 bits per heavy atom. The maximum absolute atomic E-state index is 13.2. The van der Waals surface area contributed by atoms with E-state index in [-0.39, 0.29) is 0 Å². The fourth-order valence-electron chi connectivity index (χ4n) is 1.43. The summed E-state index contributed by atoms with van der Waals surface area (Å²) in [4.78, 5) is 10.5. The summed E-state index contributed by atoms with van der Waals surface area (Å²) in [7, 11) is 0. The van der Waals surface area contributed by atoms with E-state index >= 15 is 0 Å². The van der Waals surface area contributed by atoms with Crippen molar-refractivity contribution in [1.29, 1.82) is 0 Å². The molecule has 0 spiro atoms. The third kappa shape index (κ3) is 1.61. The Balaban J connectivity index is 2.91. The Morgan fingerprint density at radius 1 is 1.27 bits per heavy atom. The van der Waals surface area contributed by atoms with Crippen molar-refractivity contribution >= 4 is 33.0 Å². The van der Waals surface area contributed by atoms with Gasteiger partial charge in [0.2, 0.25) is 0 Å². The number of fused-ring (bicyclic) bond motifs is 1. The molecular weight excluding hydrogens is 263 g/mol. The highest BCUT2D eigenvalue weighted by molar-refractivity contribution is 9.10. The van der Waals surface area contributed by atoms with Crippen molar-refractivity contribution in [1.82, 2.24) is 0 Å². The summed E-state index contributed by atoms with van der Waals surface area (Å²) in [6.45, 7) is 0. The smallest absolute Gasteiger partial charge is 0.166 e. The summed E-state index contributed by atoms with van der Waals surface area (Å²) in [6, 6.07) is 5.91. The second kappa shape index (κ2) is 3.62.